The highest BCUT2D eigenvalue weighted by atomic mass is 19.4. The quantitative estimate of drug-likeness (QED) is 0.450. The summed E-state index contributed by atoms with van der Waals surface area (Å²) in [5, 5.41) is 16.2. The number of benzene rings is 1. The lowest BCUT2D eigenvalue weighted by atomic mass is 10.2. The summed E-state index contributed by atoms with van der Waals surface area (Å²) in [4.78, 5) is 20.0. The minimum Gasteiger partial charge on any atom is -0.396 e. The predicted octanol–water partition coefficient (Wildman–Crippen LogP) is 3.38. The molecular weight excluding hydrogens is 370 g/mol. The van der Waals surface area contributed by atoms with E-state index in [-0.39, 0.29) is 18.2 Å². The first-order valence-electron chi connectivity index (χ1n) is 7.84. The molecule has 0 aliphatic carbocycles. The molecule has 1 aromatic heterocycles. The fraction of sp³-hybridized carbons (Fsp3) is 0.312. The van der Waals surface area contributed by atoms with Crippen molar-refractivity contribution in [1.29, 1.82) is 0 Å². The van der Waals surface area contributed by atoms with Crippen LogP contribution >= 0.6 is 0 Å². The third kappa shape index (κ3) is 6.06. The highest BCUT2D eigenvalue weighted by molar-refractivity contribution is 5.98. The van der Waals surface area contributed by atoms with E-state index >= 15 is 0 Å². The number of carbonyl (C=O) groups is 1. The van der Waals surface area contributed by atoms with Crippen molar-refractivity contribution < 1.29 is 27.5 Å². The molecule has 1 aromatic carbocycles. The van der Waals surface area contributed by atoms with Gasteiger partial charge >= 0.3 is 12.2 Å². The number of amides is 2. The largest absolute Gasteiger partial charge is 0.419 e. The van der Waals surface area contributed by atoms with Crippen LogP contribution in [0.1, 0.15) is 17.7 Å². The van der Waals surface area contributed by atoms with Crippen molar-refractivity contribution in [2.45, 2.75) is 19.5 Å². The molecule has 0 atom stereocenters. The third-order valence-corrected chi connectivity index (χ3v) is 3.25. The Morgan fingerprint density at radius 3 is 2.59 bits per heavy atom. The van der Waals surface area contributed by atoms with E-state index < -0.39 is 23.6 Å². The van der Waals surface area contributed by atoms with Gasteiger partial charge in [0.2, 0.25) is 5.95 Å². The Labute approximate surface area is 151 Å². The summed E-state index contributed by atoms with van der Waals surface area (Å²) in [5.41, 5.74) is -1.19. The molecule has 0 saturated heterocycles. The normalized spacial score (nSPS) is 11.2. The number of aromatic nitrogens is 2. The van der Waals surface area contributed by atoms with Gasteiger partial charge in [-0.25, -0.2) is 14.2 Å². The molecule has 0 spiro atoms. The zero-order valence-corrected chi connectivity index (χ0v) is 14.2. The fourth-order valence-electron chi connectivity index (χ4n) is 2.09. The lowest BCUT2D eigenvalue weighted by Crippen LogP contribution is -2.22. The minimum absolute atomic E-state index is 0.00215. The lowest BCUT2D eigenvalue weighted by Gasteiger charge is -2.12. The summed E-state index contributed by atoms with van der Waals surface area (Å²) in [5.74, 6) is -1.10. The van der Waals surface area contributed by atoms with Crippen LogP contribution in [0, 0.1) is 12.7 Å². The molecule has 146 valence electrons. The van der Waals surface area contributed by atoms with Gasteiger partial charge in [-0.05, 0) is 31.5 Å². The van der Waals surface area contributed by atoms with Gasteiger partial charge in [-0.3, -0.25) is 5.32 Å². The molecule has 2 amide bonds. The van der Waals surface area contributed by atoms with Gasteiger partial charge in [0.25, 0.3) is 0 Å². The van der Waals surface area contributed by atoms with Gasteiger partial charge in [-0.15, -0.1) is 0 Å². The van der Waals surface area contributed by atoms with E-state index in [1.807, 2.05) is 0 Å². The zero-order chi connectivity index (χ0) is 20.0. The van der Waals surface area contributed by atoms with Gasteiger partial charge in [-0.1, -0.05) is 0 Å². The molecule has 0 radical (unpaired) electrons. The SMILES string of the molecule is Cc1cc(NCCCO)nc(NC(=O)Nc2ccc(F)c(C(F)(F)F)c2)n1. The summed E-state index contributed by atoms with van der Waals surface area (Å²) in [6.45, 7) is 2.12. The Morgan fingerprint density at radius 1 is 1.19 bits per heavy atom. The number of aliphatic hydroxyl groups excluding tert-OH is 1. The number of hydrogen-bond acceptors (Lipinski definition) is 5. The first-order chi connectivity index (χ1) is 12.7. The number of aryl methyl sites for hydroxylation is 1. The number of anilines is 3. The van der Waals surface area contributed by atoms with Crippen LogP contribution in [0.2, 0.25) is 0 Å². The summed E-state index contributed by atoms with van der Waals surface area (Å²) in [7, 11) is 0. The van der Waals surface area contributed by atoms with Crippen LogP contribution in [0.4, 0.5) is 39.8 Å². The van der Waals surface area contributed by atoms with Crippen molar-refractivity contribution in [1.82, 2.24) is 9.97 Å². The van der Waals surface area contributed by atoms with Crippen LogP contribution in [0.5, 0.6) is 0 Å². The van der Waals surface area contributed by atoms with E-state index in [2.05, 4.69) is 25.9 Å². The molecule has 7 nitrogen and oxygen atoms in total. The second-order valence-electron chi connectivity index (χ2n) is 5.49. The molecule has 27 heavy (non-hydrogen) atoms. The highest BCUT2D eigenvalue weighted by Crippen LogP contribution is 2.33. The van der Waals surface area contributed by atoms with E-state index in [1.54, 1.807) is 13.0 Å². The summed E-state index contributed by atoms with van der Waals surface area (Å²) in [6.07, 6.45) is -4.38. The molecule has 0 bridgehead atoms. The number of hydrogen-bond donors (Lipinski definition) is 4. The van der Waals surface area contributed by atoms with Crippen LogP contribution in [0.25, 0.3) is 0 Å². The summed E-state index contributed by atoms with van der Waals surface area (Å²) in [6, 6.07) is 2.85. The molecule has 0 aliphatic rings. The van der Waals surface area contributed by atoms with Gasteiger partial charge in [0.05, 0.1) is 5.56 Å². The van der Waals surface area contributed by atoms with Gasteiger partial charge < -0.3 is 15.7 Å². The first kappa shape index (κ1) is 20.4. The average Bonchev–Trinajstić information content (AvgIpc) is 2.55. The maximum Gasteiger partial charge on any atom is 0.419 e. The number of carbonyl (C=O) groups excluding carboxylic acids is 1. The smallest absolute Gasteiger partial charge is 0.396 e. The maximum absolute atomic E-state index is 13.3. The Kier molecular flexibility index (Phi) is 6.50. The van der Waals surface area contributed by atoms with Gasteiger partial charge in [-0.2, -0.15) is 18.2 Å². The summed E-state index contributed by atoms with van der Waals surface area (Å²) >= 11 is 0. The molecule has 1 heterocycles. The number of nitrogens with zero attached hydrogens (tertiary/aromatic N) is 2. The van der Waals surface area contributed by atoms with Crippen molar-refractivity contribution in [3.63, 3.8) is 0 Å². The van der Waals surface area contributed by atoms with Crippen LogP contribution in [0.15, 0.2) is 24.3 Å². The minimum atomic E-state index is -4.88. The van der Waals surface area contributed by atoms with Crippen molar-refractivity contribution >= 4 is 23.5 Å². The molecule has 2 aromatic rings. The Morgan fingerprint density at radius 2 is 1.93 bits per heavy atom. The molecule has 0 unspecified atom stereocenters. The number of rotatable bonds is 6. The second kappa shape index (κ2) is 8.62. The molecule has 0 aliphatic heterocycles. The Hall–Kier alpha value is -2.95. The Bertz CT molecular complexity index is 814. The highest BCUT2D eigenvalue weighted by Gasteiger charge is 2.34. The molecule has 4 N–H and O–H groups in total. The van der Waals surface area contributed by atoms with Gasteiger partial charge in [0.15, 0.2) is 0 Å². The second-order valence-corrected chi connectivity index (χ2v) is 5.49. The average molecular weight is 387 g/mol. The van der Waals surface area contributed by atoms with Crippen molar-refractivity contribution in [2.24, 2.45) is 0 Å². The predicted molar refractivity (Wildman–Crippen MR) is 91.0 cm³/mol. The van der Waals surface area contributed by atoms with Crippen molar-refractivity contribution in [3.05, 3.63) is 41.3 Å². The van der Waals surface area contributed by atoms with Crippen LogP contribution < -0.4 is 16.0 Å². The van der Waals surface area contributed by atoms with E-state index in [1.165, 1.54) is 0 Å². The standard InChI is InChI=1S/C16H17F4N5O2/c1-9-7-13(21-5-2-6-26)24-14(22-9)25-15(27)23-10-3-4-12(17)11(8-10)16(18,19)20/h3-4,7-8,26H,2,5-6H2,1H3,(H3,21,22,23,24,25,27). The monoisotopic (exact) mass is 387 g/mol. The maximum atomic E-state index is 13.3. The van der Waals surface area contributed by atoms with E-state index in [4.69, 9.17) is 5.11 Å². The topological polar surface area (TPSA) is 99.2 Å². The molecular formula is C16H17F4N5O2. The Balaban J connectivity index is 2.08. The van der Waals surface area contributed by atoms with Crippen molar-refractivity contribution in [3.8, 4) is 0 Å². The van der Waals surface area contributed by atoms with Gasteiger partial charge in [0, 0.05) is 30.6 Å². The summed E-state index contributed by atoms with van der Waals surface area (Å²) < 4.78 is 51.4. The van der Waals surface area contributed by atoms with Gasteiger partial charge in [0.1, 0.15) is 11.6 Å². The molecule has 11 heteroatoms. The number of nitrogens with one attached hydrogen (secondary N) is 3. The third-order valence-electron chi connectivity index (χ3n) is 3.25. The van der Waals surface area contributed by atoms with E-state index in [0.29, 0.717) is 36.6 Å². The molecule has 0 fully saturated rings. The van der Waals surface area contributed by atoms with Crippen molar-refractivity contribution in [2.75, 3.05) is 29.1 Å². The van der Waals surface area contributed by atoms with E-state index in [0.717, 1.165) is 6.07 Å². The van der Waals surface area contributed by atoms with Crippen LogP contribution in [-0.2, 0) is 6.18 Å². The molecule has 0 saturated carbocycles. The fourth-order valence-corrected chi connectivity index (χ4v) is 2.09. The number of alkyl halides is 3. The van der Waals surface area contributed by atoms with Crippen LogP contribution in [0.3, 0.4) is 0 Å². The number of aliphatic hydroxyl groups is 1. The molecule has 2 rings (SSSR count). The number of halogens is 4. The zero-order valence-electron chi connectivity index (χ0n) is 14.2. The number of urea groups is 1. The first-order valence-corrected chi connectivity index (χ1v) is 7.84. The van der Waals surface area contributed by atoms with E-state index in [9.17, 15) is 22.4 Å². The lowest BCUT2D eigenvalue weighted by molar-refractivity contribution is -0.139. The van der Waals surface area contributed by atoms with Crippen LogP contribution in [-0.4, -0.2) is 34.3 Å².